The maximum atomic E-state index is 12.3. The van der Waals surface area contributed by atoms with Crippen molar-refractivity contribution in [3.05, 3.63) is 76.8 Å². The second-order valence-corrected chi connectivity index (χ2v) is 5.63. The number of aromatic nitrogens is 1. The van der Waals surface area contributed by atoms with Crippen LogP contribution in [0.15, 0.2) is 60.4 Å². The number of pyridine rings is 1. The lowest BCUT2D eigenvalue weighted by molar-refractivity contribution is 0.909. The van der Waals surface area contributed by atoms with Crippen LogP contribution in [0.3, 0.4) is 0 Å². The average molecular weight is 301 g/mol. The van der Waals surface area contributed by atoms with Gasteiger partial charge < -0.3 is 4.57 Å². The second kappa shape index (κ2) is 5.40. The van der Waals surface area contributed by atoms with Crippen molar-refractivity contribution in [3.63, 3.8) is 0 Å². The van der Waals surface area contributed by atoms with Gasteiger partial charge in [-0.25, -0.2) is 0 Å². The molecule has 2 heteroatoms. The minimum absolute atomic E-state index is 0.0228. The summed E-state index contributed by atoms with van der Waals surface area (Å²) < 4.78 is 1.71. The molecule has 0 bridgehead atoms. The van der Waals surface area contributed by atoms with E-state index in [-0.39, 0.29) is 5.56 Å². The molecule has 4 rings (SSSR count). The molecule has 0 radical (unpaired) electrons. The highest BCUT2D eigenvalue weighted by atomic mass is 16.1. The van der Waals surface area contributed by atoms with Crippen molar-refractivity contribution in [2.24, 2.45) is 7.05 Å². The number of hydrogen-bond acceptors (Lipinski definition) is 1. The fourth-order valence-corrected chi connectivity index (χ4v) is 3.38. The third-order valence-electron chi connectivity index (χ3n) is 4.46. The van der Waals surface area contributed by atoms with E-state index < -0.39 is 0 Å². The van der Waals surface area contributed by atoms with Gasteiger partial charge >= 0.3 is 0 Å². The number of nitrogens with zero attached hydrogens (tertiary/aromatic N) is 1. The normalized spacial score (nSPS) is 10.9. The molecule has 0 aliphatic heterocycles. The highest BCUT2D eigenvalue weighted by molar-refractivity contribution is 6.21. The van der Waals surface area contributed by atoms with Crippen LogP contribution < -0.4 is 10.8 Å². The SMILES string of the molecule is C=C.C=c1c2ccccc2c2cc(=O)n(C)c3ccc(C)c1c23. The molecule has 114 valence electrons. The summed E-state index contributed by atoms with van der Waals surface area (Å²) >= 11 is 0. The molecule has 0 amide bonds. The average Bonchev–Trinajstić information content (AvgIpc) is 2.58. The van der Waals surface area contributed by atoms with Crippen molar-refractivity contribution in [2.45, 2.75) is 6.92 Å². The van der Waals surface area contributed by atoms with Gasteiger partial charge in [-0.1, -0.05) is 36.9 Å². The highest BCUT2D eigenvalue weighted by Crippen LogP contribution is 2.30. The first-order chi connectivity index (χ1) is 11.1. The lowest BCUT2D eigenvalue weighted by Crippen LogP contribution is -2.17. The van der Waals surface area contributed by atoms with Crippen LogP contribution in [-0.2, 0) is 7.05 Å². The van der Waals surface area contributed by atoms with Crippen LogP contribution in [0.2, 0.25) is 0 Å². The molecule has 0 N–H and O–H groups in total. The Morgan fingerprint density at radius 2 is 1.57 bits per heavy atom. The van der Waals surface area contributed by atoms with Crippen molar-refractivity contribution in [1.29, 1.82) is 0 Å². The van der Waals surface area contributed by atoms with Gasteiger partial charge in [-0.2, -0.15) is 0 Å². The molecular formula is C21H19NO. The van der Waals surface area contributed by atoms with Gasteiger partial charge in [0.2, 0.25) is 0 Å². The zero-order chi connectivity index (χ0) is 16.7. The quantitative estimate of drug-likeness (QED) is 0.272. The highest BCUT2D eigenvalue weighted by Gasteiger charge is 2.13. The number of benzene rings is 3. The standard InChI is InChI=1S/C19H15NO.C2H4/c1-11-8-9-16-19-15(10-17(21)20(16)3)14-7-5-4-6-13(14)12(2)18(11)19;1-2/h4-10H,2H2,1,3H3;1-2H2. The van der Waals surface area contributed by atoms with Gasteiger partial charge in [-0.15, -0.1) is 13.2 Å². The molecule has 4 aromatic rings. The van der Waals surface area contributed by atoms with Gasteiger partial charge in [0.1, 0.15) is 0 Å². The van der Waals surface area contributed by atoms with E-state index in [2.05, 4.69) is 44.9 Å². The fourth-order valence-electron chi connectivity index (χ4n) is 3.38. The molecule has 3 aromatic carbocycles. The summed E-state index contributed by atoms with van der Waals surface area (Å²) in [5.74, 6) is 0. The van der Waals surface area contributed by atoms with Gasteiger partial charge in [0.05, 0.1) is 5.52 Å². The number of rotatable bonds is 0. The Bertz CT molecular complexity index is 1150. The molecular weight excluding hydrogens is 282 g/mol. The summed E-state index contributed by atoms with van der Waals surface area (Å²) in [4.78, 5) is 12.3. The molecule has 0 spiro atoms. The second-order valence-electron chi connectivity index (χ2n) is 5.63. The Kier molecular flexibility index (Phi) is 3.53. The third kappa shape index (κ3) is 1.99. The van der Waals surface area contributed by atoms with Crippen LogP contribution in [-0.4, -0.2) is 4.57 Å². The van der Waals surface area contributed by atoms with Crippen molar-refractivity contribution in [3.8, 4) is 0 Å². The van der Waals surface area contributed by atoms with Crippen LogP contribution >= 0.6 is 0 Å². The smallest absolute Gasteiger partial charge is 0.251 e. The van der Waals surface area contributed by atoms with Crippen LogP contribution in [0.4, 0.5) is 0 Å². The summed E-state index contributed by atoms with van der Waals surface area (Å²) in [6.07, 6.45) is 0. The van der Waals surface area contributed by atoms with E-state index in [1.165, 1.54) is 5.56 Å². The van der Waals surface area contributed by atoms with Crippen molar-refractivity contribution < 1.29 is 0 Å². The van der Waals surface area contributed by atoms with E-state index in [0.29, 0.717) is 0 Å². The van der Waals surface area contributed by atoms with E-state index in [1.807, 2.05) is 25.2 Å². The molecule has 0 atom stereocenters. The first-order valence-electron chi connectivity index (χ1n) is 7.52. The lowest BCUT2D eigenvalue weighted by atomic mass is 9.93. The molecule has 0 saturated heterocycles. The van der Waals surface area contributed by atoms with Gasteiger partial charge in [-0.05, 0) is 45.3 Å². The van der Waals surface area contributed by atoms with Crippen molar-refractivity contribution in [1.82, 2.24) is 4.57 Å². The minimum atomic E-state index is 0.0228. The predicted octanol–water partition coefficient (Wildman–Crippen LogP) is 4.08. The molecule has 0 fully saturated rings. The molecule has 1 heterocycles. The first kappa shape index (κ1) is 15.0. The van der Waals surface area contributed by atoms with Crippen molar-refractivity contribution in [2.75, 3.05) is 0 Å². The summed E-state index contributed by atoms with van der Waals surface area (Å²) in [6, 6.07) is 14.0. The summed E-state index contributed by atoms with van der Waals surface area (Å²) in [6.45, 7) is 12.4. The van der Waals surface area contributed by atoms with Crippen LogP contribution in [0.5, 0.6) is 0 Å². The zero-order valence-corrected chi connectivity index (χ0v) is 13.5. The molecule has 23 heavy (non-hydrogen) atoms. The van der Waals surface area contributed by atoms with E-state index in [9.17, 15) is 4.79 Å². The van der Waals surface area contributed by atoms with Gasteiger partial charge in [-0.3, -0.25) is 4.79 Å². The Morgan fingerprint density at radius 1 is 0.913 bits per heavy atom. The van der Waals surface area contributed by atoms with Gasteiger partial charge in [0.25, 0.3) is 5.56 Å². The molecule has 1 aromatic heterocycles. The summed E-state index contributed by atoms with van der Waals surface area (Å²) in [5, 5.41) is 6.59. The first-order valence-corrected chi connectivity index (χ1v) is 7.52. The minimum Gasteiger partial charge on any atom is -0.311 e. The summed E-state index contributed by atoms with van der Waals surface area (Å²) in [5.41, 5.74) is 2.19. The third-order valence-corrected chi connectivity index (χ3v) is 4.46. The maximum Gasteiger partial charge on any atom is 0.251 e. The fraction of sp³-hybridized carbons (Fsp3) is 0.0952. The monoisotopic (exact) mass is 301 g/mol. The zero-order valence-electron chi connectivity index (χ0n) is 13.5. The largest absolute Gasteiger partial charge is 0.311 e. The lowest BCUT2D eigenvalue weighted by Gasteiger charge is -2.14. The Morgan fingerprint density at radius 3 is 2.26 bits per heavy atom. The number of hydrogen-bond donors (Lipinski definition) is 0. The topological polar surface area (TPSA) is 22.0 Å². The molecule has 0 saturated carbocycles. The Labute approximate surface area is 135 Å². The molecule has 0 aliphatic rings. The van der Waals surface area contributed by atoms with E-state index in [0.717, 1.165) is 37.7 Å². The number of aryl methyl sites for hydroxylation is 2. The van der Waals surface area contributed by atoms with Crippen LogP contribution in [0.25, 0.3) is 39.0 Å². The molecule has 2 nitrogen and oxygen atoms in total. The van der Waals surface area contributed by atoms with Crippen LogP contribution in [0.1, 0.15) is 5.56 Å². The van der Waals surface area contributed by atoms with Gasteiger partial charge in [0, 0.05) is 18.5 Å². The Balaban J connectivity index is 0.000000753. The van der Waals surface area contributed by atoms with Gasteiger partial charge in [0.15, 0.2) is 0 Å². The number of fused-ring (bicyclic) bond motifs is 2. The molecule has 0 unspecified atom stereocenters. The Hall–Kier alpha value is -2.87. The maximum absolute atomic E-state index is 12.3. The van der Waals surface area contributed by atoms with Crippen LogP contribution in [0, 0.1) is 6.92 Å². The van der Waals surface area contributed by atoms with E-state index in [4.69, 9.17) is 0 Å². The predicted molar refractivity (Wildman–Crippen MR) is 101 cm³/mol. The van der Waals surface area contributed by atoms with Crippen molar-refractivity contribution >= 4 is 39.0 Å². The molecule has 0 aliphatic carbocycles. The van der Waals surface area contributed by atoms with E-state index >= 15 is 0 Å². The summed E-state index contributed by atoms with van der Waals surface area (Å²) in [7, 11) is 1.82. The van der Waals surface area contributed by atoms with E-state index in [1.54, 1.807) is 10.6 Å².